The number of hydrogen-bond donors (Lipinski definition) is 5. The topological polar surface area (TPSA) is 161 Å². The largest absolute Gasteiger partial charge is 0.508 e. The first-order valence-electron chi connectivity index (χ1n) is 11.1. The van der Waals surface area contributed by atoms with Crippen LogP contribution in [0.3, 0.4) is 0 Å². The lowest BCUT2D eigenvalue weighted by atomic mass is 9.59. The first-order chi connectivity index (χ1) is 15.6. The molecule has 3 aliphatic carbocycles. The second-order valence-corrected chi connectivity index (χ2v) is 8.97. The quantitative estimate of drug-likeness (QED) is 0.414. The molecular formula is C24H28N2O7. The lowest BCUT2D eigenvalue weighted by Crippen LogP contribution is -2.58. The fourth-order valence-corrected chi connectivity index (χ4v) is 5.52. The van der Waals surface area contributed by atoms with Crippen molar-refractivity contribution in [3.8, 4) is 5.75 Å². The number of phenolic OH excluding ortho intramolecular Hbond substituents is 1. The van der Waals surface area contributed by atoms with Crippen molar-refractivity contribution in [1.29, 1.82) is 0 Å². The van der Waals surface area contributed by atoms with Crippen LogP contribution in [-0.4, -0.2) is 61.5 Å². The van der Waals surface area contributed by atoms with Crippen molar-refractivity contribution >= 4 is 23.2 Å². The van der Waals surface area contributed by atoms with Crippen molar-refractivity contribution in [2.75, 3.05) is 13.1 Å². The van der Waals surface area contributed by atoms with Gasteiger partial charge in [0.1, 0.15) is 22.8 Å². The van der Waals surface area contributed by atoms with Crippen molar-refractivity contribution in [3.63, 3.8) is 0 Å². The van der Waals surface area contributed by atoms with Crippen LogP contribution < -0.4 is 5.73 Å². The van der Waals surface area contributed by atoms with Gasteiger partial charge in [-0.2, -0.15) is 0 Å². The molecule has 1 fully saturated rings. The van der Waals surface area contributed by atoms with Crippen LogP contribution in [-0.2, 0) is 27.3 Å². The van der Waals surface area contributed by atoms with Crippen LogP contribution in [0.4, 0.5) is 0 Å². The van der Waals surface area contributed by atoms with Crippen molar-refractivity contribution in [1.82, 2.24) is 4.90 Å². The van der Waals surface area contributed by atoms with Crippen LogP contribution >= 0.6 is 0 Å². The highest BCUT2D eigenvalue weighted by Crippen LogP contribution is 2.52. The number of rotatable bonds is 5. The second kappa shape index (κ2) is 8.00. The maximum absolute atomic E-state index is 13.5. The zero-order chi connectivity index (χ0) is 24.2. The van der Waals surface area contributed by atoms with Gasteiger partial charge in [0.05, 0.1) is 5.56 Å². The molecule has 1 aromatic rings. The molecule has 6 N–H and O–H groups in total. The van der Waals surface area contributed by atoms with E-state index in [1.54, 1.807) is 6.07 Å². The Bertz CT molecular complexity index is 1130. The highest BCUT2D eigenvalue weighted by molar-refractivity contribution is 6.22. The summed E-state index contributed by atoms with van der Waals surface area (Å²) in [7, 11) is 0. The maximum Gasteiger partial charge on any atom is 0.255 e. The highest BCUT2D eigenvalue weighted by atomic mass is 16.3. The van der Waals surface area contributed by atoms with Gasteiger partial charge in [-0.25, -0.2) is 0 Å². The van der Waals surface area contributed by atoms with E-state index in [-0.39, 0.29) is 29.7 Å². The third-order valence-electron chi connectivity index (χ3n) is 7.33. The van der Waals surface area contributed by atoms with Crippen LogP contribution in [0.25, 0.3) is 5.76 Å². The molecule has 33 heavy (non-hydrogen) atoms. The van der Waals surface area contributed by atoms with E-state index in [4.69, 9.17) is 5.73 Å². The number of aliphatic hydroxyl groups is 3. The molecule has 3 atom stereocenters. The molecule has 1 amide bonds. The second-order valence-electron chi connectivity index (χ2n) is 8.97. The van der Waals surface area contributed by atoms with Gasteiger partial charge < -0.3 is 26.2 Å². The number of benzene rings is 1. The molecule has 9 heteroatoms. The van der Waals surface area contributed by atoms with E-state index >= 15 is 0 Å². The summed E-state index contributed by atoms with van der Waals surface area (Å²) in [5.41, 5.74) is 3.50. The molecule has 3 aliphatic rings. The Balaban J connectivity index is 1.87. The Kier molecular flexibility index (Phi) is 5.58. The predicted molar refractivity (Wildman–Crippen MR) is 118 cm³/mol. The molecule has 176 valence electrons. The van der Waals surface area contributed by atoms with Crippen LogP contribution in [0.5, 0.6) is 5.75 Å². The minimum atomic E-state index is -2.54. The zero-order valence-corrected chi connectivity index (χ0v) is 18.6. The molecule has 4 rings (SSSR count). The molecule has 0 saturated heterocycles. The number of hydrogen-bond acceptors (Lipinski definition) is 8. The fraction of sp³-hybridized carbons (Fsp3) is 0.458. The van der Waals surface area contributed by atoms with Gasteiger partial charge in [0.25, 0.3) is 5.91 Å². The molecule has 0 aromatic heterocycles. The standard InChI is InChI=1S/C24H28N2O7/c1-3-26(4-2)10-11-5-6-15(27)18-14(11)8-12-7-13-9-16(28)19(23(25)32)22(31)24(13,33)21(30)17(12)20(18)29/h5-6,12-13,27,29,31,33H,3-4,7-10H2,1-2H3,(H2,25,32)/t12-,13+,24+/m1/s1. The van der Waals surface area contributed by atoms with Crippen molar-refractivity contribution in [2.24, 2.45) is 17.6 Å². The minimum absolute atomic E-state index is 0.124. The monoisotopic (exact) mass is 456 g/mol. The van der Waals surface area contributed by atoms with Gasteiger partial charge >= 0.3 is 0 Å². The molecule has 1 aromatic carbocycles. The molecule has 0 bridgehead atoms. The molecule has 0 spiro atoms. The van der Waals surface area contributed by atoms with E-state index in [0.29, 0.717) is 18.5 Å². The number of fused-ring (bicyclic) bond motifs is 3. The van der Waals surface area contributed by atoms with E-state index in [1.807, 2.05) is 13.8 Å². The average molecular weight is 456 g/mol. The number of ketones is 2. The summed E-state index contributed by atoms with van der Waals surface area (Å²) >= 11 is 0. The first kappa shape index (κ1) is 23.0. The number of aromatic hydroxyl groups is 1. The van der Waals surface area contributed by atoms with Gasteiger partial charge in [0, 0.05) is 24.5 Å². The molecule has 9 nitrogen and oxygen atoms in total. The van der Waals surface area contributed by atoms with E-state index in [2.05, 4.69) is 4.90 Å². The number of aliphatic hydroxyl groups excluding tert-OH is 2. The van der Waals surface area contributed by atoms with Gasteiger partial charge in [-0.15, -0.1) is 0 Å². The van der Waals surface area contributed by atoms with Gasteiger partial charge in [-0.3, -0.25) is 19.3 Å². The molecule has 0 unspecified atom stereocenters. The van der Waals surface area contributed by atoms with Crippen LogP contribution in [0.15, 0.2) is 29.0 Å². The Hall–Kier alpha value is -3.17. The summed E-state index contributed by atoms with van der Waals surface area (Å²) < 4.78 is 0. The normalized spacial score (nSPS) is 26.9. The smallest absolute Gasteiger partial charge is 0.255 e. The van der Waals surface area contributed by atoms with Gasteiger partial charge in [-0.1, -0.05) is 19.9 Å². The van der Waals surface area contributed by atoms with E-state index in [0.717, 1.165) is 18.7 Å². The summed E-state index contributed by atoms with van der Waals surface area (Å²) in [6, 6.07) is 3.25. The van der Waals surface area contributed by atoms with Gasteiger partial charge in [-0.05, 0) is 49.0 Å². The SMILES string of the molecule is CCN(CC)Cc1ccc(O)c2c1C[C@H]1C[C@H]3CC(=O)C(C(N)=O)=C(O)[C@@]3(O)C(=O)C1=C2O. The number of carbonyl (C=O) groups excluding carboxylic acids is 3. The predicted octanol–water partition coefficient (Wildman–Crippen LogP) is 1.27. The van der Waals surface area contributed by atoms with E-state index in [9.17, 15) is 34.8 Å². The van der Waals surface area contributed by atoms with Crippen molar-refractivity contribution in [2.45, 2.75) is 45.3 Å². The number of nitrogens with two attached hydrogens (primary N) is 1. The number of Topliss-reactive ketones (excluding diaryl/α,β-unsaturated/α-hetero) is 2. The molecule has 0 radical (unpaired) electrons. The number of phenols is 1. The summed E-state index contributed by atoms with van der Waals surface area (Å²) in [6.07, 6.45) is 0.122. The average Bonchev–Trinajstić information content (AvgIpc) is 2.75. The van der Waals surface area contributed by atoms with Crippen LogP contribution in [0.1, 0.15) is 43.4 Å². The third kappa shape index (κ3) is 3.26. The molecule has 0 aliphatic heterocycles. The first-order valence-corrected chi connectivity index (χ1v) is 11.1. The van der Waals surface area contributed by atoms with E-state index in [1.165, 1.54) is 6.07 Å². The lowest BCUT2D eigenvalue weighted by molar-refractivity contribution is -0.147. The fourth-order valence-electron chi connectivity index (χ4n) is 5.52. The minimum Gasteiger partial charge on any atom is -0.508 e. The highest BCUT2D eigenvalue weighted by Gasteiger charge is 2.60. The molecular weight excluding hydrogens is 428 g/mol. The summed E-state index contributed by atoms with van der Waals surface area (Å²) in [4.78, 5) is 39.8. The Morgan fingerprint density at radius 3 is 2.42 bits per heavy atom. The van der Waals surface area contributed by atoms with Gasteiger partial charge in [0.2, 0.25) is 5.78 Å². The number of carbonyl (C=O) groups is 3. The Morgan fingerprint density at radius 1 is 1.15 bits per heavy atom. The summed E-state index contributed by atoms with van der Waals surface area (Å²) in [5, 5.41) is 43.5. The van der Waals surface area contributed by atoms with Crippen molar-refractivity contribution in [3.05, 3.63) is 45.7 Å². The number of nitrogens with zero attached hydrogens (tertiary/aromatic N) is 1. The Morgan fingerprint density at radius 2 is 1.82 bits per heavy atom. The number of primary amides is 1. The van der Waals surface area contributed by atoms with Crippen LogP contribution in [0.2, 0.25) is 0 Å². The maximum atomic E-state index is 13.5. The molecule has 0 heterocycles. The molecule has 1 saturated carbocycles. The Labute approximate surface area is 190 Å². The summed E-state index contributed by atoms with van der Waals surface area (Å²) in [6.45, 7) is 6.29. The number of amides is 1. The lowest BCUT2D eigenvalue weighted by Gasteiger charge is -2.46. The zero-order valence-electron chi connectivity index (χ0n) is 18.6. The van der Waals surface area contributed by atoms with E-state index < -0.39 is 52.0 Å². The summed E-state index contributed by atoms with van der Waals surface area (Å²) in [5.74, 6) is -6.15. The third-order valence-corrected chi connectivity index (χ3v) is 7.33. The van der Waals surface area contributed by atoms with Gasteiger partial charge in [0.15, 0.2) is 11.4 Å². The van der Waals surface area contributed by atoms with Crippen molar-refractivity contribution < 1.29 is 34.8 Å². The van der Waals surface area contributed by atoms with Crippen LogP contribution in [0, 0.1) is 11.8 Å².